The number of ether oxygens (including phenoxy) is 2. The van der Waals surface area contributed by atoms with Crippen molar-refractivity contribution in [2.45, 2.75) is 13.0 Å². The fourth-order valence-electron chi connectivity index (χ4n) is 3.33. The molecule has 1 atom stereocenters. The molecule has 4 rings (SSSR count). The number of hydrogen-bond donors (Lipinski definition) is 2. The lowest BCUT2D eigenvalue weighted by atomic mass is 10.0. The third-order valence-electron chi connectivity index (χ3n) is 4.84. The van der Waals surface area contributed by atoms with Crippen molar-refractivity contribution >= 4 is 27.4 Å². The highest BCUT2D eigenvalue weighted by molar-refractivity contribution is 7.17. The van der Waals surface area contributed by atoms with Crippen LogP contribution in [0.2, 0.25) is 0 Å². The summed E-state index contributed by atoms with van der Waals surface area (Å²) in [5.74, 6) is 2.03. The molecule has 0 radical (unpaired) electrons. The van der Waals surface area contributed by atoms with Crippen LogP contribution in [0, 0.1) is 0 Å². The Morgan fingerprint density at radius 2 is 1.93 bits per heavy atom. The molecule has 2 aromatic carbocycles. The highest BCUT2D eigenvalue weighted by Crippen LogP contribution is 2.38. The quantitative estimate of drug-likeness (QED) is 0.421. The first-order chi connectivity index (χ1) is 14.7. The Morgan fingerprint density at radius 1 is 1.10 bits per heavy atom. The Morgan fingerprint density at radius 3 is 2.70 bits per heavy atom. The average Bonchev–Trinajstić information content (AvgIpc) is 3.23. The number of fused-ring (bicyclic) bond motifs is 1. The van der Waals surface area contributed by atoms with E-state index in [9.17, 15) is 0 Å². The molecule has 2 heterocycles. The minimum absolute atomic E-state index is 0.0209. The van der Waals surface area contributed by atoms with E-state index in [0.29, 0.717) is 11.5 Å². The Hall–Kier alpha value is -3.16. The number of thiophene rings is 1. The molecule has 7 heteroatoms. The van der Waals surface area contributed by atoms with Gasteiger partial charge in [-0.15, -0.1) is 11.3 Å². The van der Waals surface area contributed by atoms with Crippen molar-refractivity contribution in [1.82, 2.24) is 9.97 Å². The number of aliphatic hydroxyl groups excluding tert-OH is 1. The SMILES string of the molecule is COc1cc(C(C)Nc2ncnc3scc(-c4ccccc4)c23)ccc1OCCO. The molecule has 4 aromatic rings. The summed E-state index contributed by atoms with van der Waals surface area (Å²) in [5, 5.41) is 15.7. The second-order valence-corrected chi connectivity index (χ2v) is 7.62. The van der Waals surface area contributed by atoms with Crippen molar-refractivity contribution in [3.63, 3.8) is 0 Å². The fraction of sp³-hybridized carbons (Fsp3) is 0.217. The molecule has 0 saturated carbocycles. The van der Waals surface area contributed by atoms with Gasteiger partial charge in [0.25, 0.3) is 0 Å². The maximum atomic E-state index is 8.98. The van der Waals surface area contributed by atoms with Crippen LogP contribution in [0.3, 0.4) is 0 Å². The molecule has 0 spiro atoms. The molecule has 0 fully saturated rings. The average molecular weight is 422 g/mol. The van der Waals surface area contributed by atoms with Crippen molar-refractivity contribution in [3.8, 4) is 22.6 Å². The zero-order valence-corrected chi connectivity index (χ0v) is 17.6. The lowest BCUT2D eigenvalue weighted by Crippen LogP contribution is -2.09. The first-order valence-corrected chi connectivity index (χ1v) is 10.5. The highest BCUT2D eigenvalue weighted by atomic mass is 32.1. The molecule has 0 amide bonds. The van der Waals surface area contributed by atoms with Gasteiger partial charge in [-0.3, -0.25) is 0 Å². The van der Waals surface area contributed by atoms with E-state index in [1.54, 1.807) is 24.8 Å². The number of nitrogens with one attached hydrogen (secondary N) is 1. The Labute approximate surface area is 179 Å². The summed E-state index contributed by atoms with van der Waals surface area (Å²) in [7, 11) is 1.61. The summed E-state index contributed by atoms with van der Waals surface area (Å²) in [6.45, 7) is 2.26. The lowest BCUT2D eigenvalue weighted by molar-refractivity contribution is 0.196. The zero-order chi connectivity index (χ0) is 20.9. The van der Waals surface area contributed by atoms with Gasteiger partial charge in [0.05, 0.1) is 25.1 Å². The van der Waals surface area contributed by atoms with Gasteiger partial charge in [0.2, 0.25) is 0 Å². The topological polar surface area (TPSA) is 76.5 Å². The number of rotatable bonds is 8. The number of aliphatic hydroxyl groups is 1. The second-order valence-electron chi connectivity index (χ2n) is 6.77. The van der Waals surface area contributed by atoms with E-state index in [1.807, 2.05) is 36.4 Å². The van der Waals surface area contributed by atoms with Gasteiger partial charge in [-0.2, -0.15) is 0 Å². The Balaban J connectivity index is 1.65. The molecule has 6 nitrogen and oxygen atoms in total. The minimum atomic E-state index is -0.0447. The van der Waals surface area contributed by atoms with Crippen LogP contribution in [0.4, 0.5) is 5.82 Å². The van der Waals surface area contributed by atoms with Crippen LogP contribution >= 0.6 is 11.3 Å². The molecule has 154 valence electrons. The third kappa shape index (κ3) is 4.08. The zero-order valence-electron chi connectivity index (χ0n) is 16.8. The van der Waals surface area contributed by atoms with Crippen LogP contribution in [-0.2, 0) is 0 Å². The predicted octanol–water partition coefficient (Wildman–Crippen LogP) is 4.91. The second kappa shape index (κ2) is 9.11. The molecule has 0 aliphatic rings. The summed E-state index contributed by atoms with van der Waals surface area (Å²) >= 11 is 1.61. The molecule has 1 unspecified atom stereocenters. The van der Waals surface area contributed by atoms with Crippen molar-refractivity contribution < 1.29 is 14.6 Å². The van der Waals surface area contributed by atoms with Crippen LogP contribution in [0.5, 0.6) is 11.5 Å². The molecular formula is C23H23N3O3S. The van der Waals surface area contributed by atoms with Gasteiger partial charge in [0, 0.05) is 10.9 Å². The first kappa shape index (κ1) is 20.1. The van der Waals surface area contributed by atoms with Crippen LogP contribution in [-0.4, -0.2) is 35.4 Å². The molecule has 30 heavy (non-hydrogen) atoms. The van der Waals surface area contributed by atoms with Gasteiger partial charge < -0.3 is 19.9 Å². The van der Waals surface area contributed by atoms with Crippen molar-refractivity contribution in [2.75, 3.05) is 25.6 Å². The fourth-order valence-corrected chi connectivity index (χ4v) is 4.25. The van der Waals surface area contributed by atoms with Crippen molar-refractivity contribution in [3.05, 3.63) is 65.8 Å². The summed E-state index contributed by atoms with van der Waals surface area (Å²) < 4.78 is 11.0. The van der Waals surface area contributed by atoms with Crippen molar-refractivity contribution in [1.29, 1.82) is 0 Å². The van der Waals surface area contributed by atoms with Gasteiger partial charge in [-0.25, -0.2) is 9.97 Å². The molecule has 2 aromatic heterocycles. The van der Waals surface area contributed by atoms with Gasteiger partial charge >= 0.3 is 0 Å². The van der Waals surface area contributed by atoms with E-state index in [2.05, 4.69) is 39.7 Å². The van der Waals surface area contributed by atoms with Crippen LogP contribution < -0.4 is 14.8 Å². The third-order valence-corrected chi connectivity index (χ3v) is 5.73. The smallest absolute Gasteiger partial charge is 0.161 e. The van der Waals surface area contributed by atoms with Gasteiger partial charge in [-0.05, 0) is 30.2 Å². The van der Waals surface area contributed by atoms with E-state index in [0.717, 1.165) is 32.7 Å². The van der Waals surface area contributed by atoms with Crippen LogP contribution in [0.15, 0.2) is 60.2 Å². The van der Waals surface area contributed by atoms with E-state index >= 15 is 0 Å². The largest absolute Gasteiger partial charge is 0.493 e. The number of aromatic nitrogens is 2. The normalized spacial score (nSPS) is 12.0. The number of nitrogens with zero attached hydrogens (tertiary/aromatic N) is 2. The predicted molar refractivity (Wildman–Crippen MR) is 120 cm³/mol. The van der Waals surface area contributed by atoms with Crippen molar-refractivity contribution in [2.24, 2.45) is 0 Å². The number of anilines is 1. The van der Waals surface area contributed by atoms with E-state index in [1.165, 1.54) is 0 Å². The first-order valence-electron chi connectivity index (χ1n) is 9.67. The van der Waals surface area contributed by atoms with E-state index in [-0.39, 0.29) is 19.3 Å². The van der Waals surface area contributed by atoms with Crippen LogP contribution in [0.25, 0.3) is 21.3 Å². The number of hydrogen-bond acceptors (Lipinski definition) is 7. The molecule has 0 saturated heterocycles. The summed E-state index contributed by atoms with van der Waals surface area (Å²) in [4.78, 5) is 9.93. The Kier molecular flexibility index (Phi) is 6.11. The molecular weight excluding hydrogens is 398 g/mol. The minimum Gasteiger partial charge on any atom is -0.493 e. The summed E-state index contributed by atoms with van der Waals surface area (Å²) in [6, 6.07) is 16.0. The summed E-state index contributed by atoms with van der Waals surface area (Å²) in [6.07, 6.45) is 1.59. The monoisotopic (exact) mass is 421 g/mol. The highest BCUT2D eigenvalue weighted by Gasteiger charge is 2.16. The van der Waals surface area contributed by atoms with E-state index in [4.69, 9.17) is 14.6 Å². The number of methoxy groups -OCH3 is 1. The maximum Gasteiger partial charge on any atom is 0.161 e. The molecule has 0 aliphatic heterocycles. The molecule has 0 bridgehead atoms. The van der Waals surface area contributed by atoms with Gasteiger partial charge in [-0.1, -0.05) is 36.4 Å². The van der Waals surface area contributed by atoms with Gasteiger partial charge in [0.1, 0.15) is 23.6 Å². The molecule has 2 N–H and O–H groups in total. The van der Waals surface area contributed by atoms with E-state index < -0.39 is 0 Å². The maximum absolute atomic E-state index is 8.98. The Bertz CT molecular complexity index is 1130. The molecule has 0 aliphatic carbocycles. The van der Waals surface area contributed by atoms with Crippen LogP contribution in [0.1, 0.15) is 18.5 Å². The summed E-state index contributed by atoms with van der Waals surface area (Å²) in [5.41, 5.74) is 3.30. The van der Waals surface area contributed by atoms with Gasteiger partial charge in [0.15, 0.2) is 11.5 Å². The standard InChI is InChI=1S/C23H23N3O3S/c1-15(17-8-9-19(29-11-10-27)20(12-17)28-2)26-22-21-18(16-6-4-3-5-7-16)13-30-23(21)25-14-24-22/h3-9,12-15,27H,10-11H2,1-2H3,(H,24,25,26). The lowest BCUT2D eigenvalue weighted by Gasteiger charge is -2.18. The number of benzene rings is 2.